The molecule has 0 N–H and O–H groups in total. The number of rotatable bonds is 8. The summed E-state index contributed by atoms with van der Waals surface area (Å²) in [5.41, 5.74) is 1.76. The molecule has 26 heavy (non-hydrogen) atoms. The molecule has 0 heterocycles. The molecule has 0 spiro atoms. The molecule has 1 nitrogen and oxygen atoms in total. The van der Waals surface area contributed by atoms with Gasteiger partial charge in [0.25, 0.3) is 0 Å². The molecule has 2 fully saturated rings. The van der Waals surface area contributed by atoms with E-state index in [0.29, 0.717) is 5.78 Å². The van der Waals surface area contributed by atoms with Crippen LogP contribution in [0.15, 0.2) is 11.6 Å². The van der Waals surface area contributed by atoms with E-state index < -0.39 is 0 Å². The SMILES string of the molecule is CCCCCC1CCC(CCC2=CCC(C3CCC(=O)CC3)CC2)CC1. The van der Waals surface area contributed by atoms with E-state index in [2.05, 4.69) is 13.0 Å². The Morgan fingerprint density at radius 1 is 0.808 bits per heavy atom. The highest BCUT2D eigenvalue weighted by Gasteiger charge is 2.28. The van der Waals surface area contributed by atoms with Crippen molar-refractivity contribution in [1.29, 1.82) is 0 Å². The van der Waals surface area contributed by atoms with Gasteiger partial charge in [-0.25, -0.2) is 0 Å². The third-order valence-electron chi connectivity index (χ3n) is 7.86. The van der Waals surface area contributed by atoms with Crippen molar-refractivity contribution in [3.63, 3.8) is 0 Å². The van der Waals surface area contributed by atoms with Crippen molar-refractivity contribution < 1.29 is 4.79 Å². The first-order chi connectivity index (χ1) is 12.7. The van der Waals surface area contributed by atoms with Crippen molar-refractivity contribution in [2.75, 3.05) is 0 Å². The molecule has 0 aromatic rings. The van der Waals surface area contributed by atoms with Gasteiger partial charge in [0, 0.05) is 12.8 Å². The van der Waals surface area contributed by atoms with Crippen LogP contribution in [0.5, 0.6) is 0 Å². The summed E-state index contributed by atoms with van der Waals surface area (Å²) in [6.07, 6.45) is 25.3. The lowest BCUT2D eigenvalue weighted by atomic mass is 9.72. The molecule has 148 valence electrons. The topological polar surface area (TPSA) is 17.1 Å². The monoisotopic (exact) mass is 358 g/mol. The van der Waals surface area contributed by atoms with Gasteiger partial charge >= 0.3 is 0 Å². The zero-order valence-corrected chi connectivity index (χ0v) is 17.3. The van der Waals surface area contributed by atoms with E-state index in [9.17, 15) is 4.79 Å². The Labute approximate surface area is 162 Å². The van der Waals surface area contributed by atoms with E-state index in [4.69, 9.17) is 0 Å². The van der Waals surface area contributed by atoms with Crippen LogP contribution in [-0.4, -0.2) is 5.78 Å². The molecule has 2 saturated carbocycles. The molecule has 3 rings (SSSR count). The number of allylic oxidation sites excluding steroid dienone is 2. The highest BCUT2D eigenvalue weighted by atomic mass is 16.1. The third kappa shape index (κ3) is 6.24. The highest BCUT2D eigenvalue weighted by molar-refractivity contribution is 5.79. The molecule has 0 amide bonds. The van der Waals surface area contributed by atoms with Crippen LogP contribution < -0.4 is 0 Å². The fourth-order valence-electron chi connectivity index (χ4n) is 5.88. The van der Waals surface area contributed by atoms with E-state index >= 15 is 0 Å². The Bertz CT molecular complexity index is 445. The van der Waals surface area contributed by atoms with Crippen molar-refractivity contribution in [3.8, 4) is 0 Å². The minimum Gasteiger partial charge on any atom is -0.300 e. The van der Waals surface area contributed by atoms with Crippen LogP contribution in [0.3, 0.4) is 0 Å². The molecule has 0 aliphatic heterocycles. The lowest BCUT2D eigenvalue weighted by molar-refractivity contribution is -0.121. The van der Waals surface area contributed by atoms with Crippen molar-refractivity contribution in [3.05, 3.63) is 11.6 Å². The van der Waals surface area contributed by atoms with Gasteiger partial charge in [-0.3, -0.25) is 4.79 Å². The molecule has 0 aromatic carbocycles. The lowest BCUT2D eigenvalue weighted by Gasteiger charge is -2.33. The van der Waals surface area contributed by atoms with Crippen LogP contribution >= 0.6 is 0 Å². The summed E-state index contributed by atoms with van der Waals surface area (Å²) in [5, 5.41) is 0. The molecule has 1 unspecified atom stereocenters. The molecule has 0 saturated heterocycles. The Hall–Kier alpha value is -0.590. The van der Waals surface area contributed by atoms with E-state index in [0.717, 1.165) is 36.5 Å². The zero-order valence-electron chi connectivity index (χ0n) is 17.3. The third-order valence-corrected chi connectivity index (χ3v) is 7.86. The maximum absolute atomic E-state index is 11.5. The maximum Gasteiger partial charge on any atom is 0.132 e. The van der Waals surface area contributed by atoms with Gasteiger partial charge in [-0.2, -0.15) is 0 Å². The van der Waals surface area contributed by atoms with Crippen LogP contribution in [0, 0.1) is 23.7 Å². The van der Waals surface area contributed by atoms with Crippen molar-refractivity contribution >= 4 is 5.78 Å². The minimum absolute atomic E-state index is 0.508. The Morgan fingerprint density at radius 3 is 2.08 bits per heavy atom. The van der Waals surface area contributed by atoms with E-state index in [-0.39, 0.29) is 0 Å². The van der Waals surface area contributed by atoms with Crippen LogP contribution in [0.2, 0.25) is 0 Å². The number of carbonyl (C=O) groups is 1. The van der Waals surface area contributed by atoms with Crippen molar-refractivity contribution in [2.45, 2.75) is 116 Å². The summed E-state index contributed by atoms with van der Waals surface area (Å²) in [4.78, 5) is 11.5. The quantitative estimate of drug-likeness (QED) is 0.322. The molecule has 0 bridgehead atoms. The molecule has 1 heteroatoms. The van der Waals surface area contributed by atoms with Gasteiger partial charge in [0.05, 0.1) is 0 Å². The summed E-state index contributed by atoms with van der Waals surface area (Å²) >= 11 is 0. The number of ketones is 1. The number of carbonyl (C=O) groups excluding carboxylic acids is 1. The standard InChI is InChI=1S/C25H42O/c1-2-3-4-5-20-6-8-21(9-7-20)10-11-22-12-14-23(15-13-22)24-16-18-25(26)19-17-24/h12,20-21,23-24H,2-11,13-19H2,1H3. The van der Waals surface area contributed by atoms with Crippen molar-refractivity contribution in [2.24, 2.45) is 23.7 Å². The normalized spacial score (nSPS) is 31.0. The Morgan fingerprint density at radius 2 is 1.46 bits per heavy atom. The summed E-state index contributed by atoms with van der Waals surface area (Å²) < 4.78 is 0. The van der Waals surface area contributed by atoms with E-state index in [1.54, 1.807) is 5.57 Å². The van der Waals surface area contributed by atoms with Gasteiger partial charge in [-0.1, -0.05) is 69.9 Å². The second kappa shape index (κ2) is 10.7. The van der Waals surface area contributed by atoms with Crippen LogP contribution in [-0.2, 0) is 4.79 Å². The molecular weight excluding hydrogens is 316 g/mol. The number of Topliss-reactive ketones (excluding diaryl/α,β-unsaturated/α-hetero) is 1. The van der Waals surface area contributed by atoms with Crippen LogP contribution in [0.4, 0.5) is 0 Å². The lowest BCUT2D eigenvalue weighted by Crippen LogP contribution is -2.23. The number of unbranched alkanes of at least 4 members (excludes halogenated alkanes) is 2. The van der Waals surface area contributed by atoms with Crippen molar-refractivity contribution in [1.82, 2.24) is 0 Å². The summed E-state index contributed by atoms with van der Waals surface area (Å²) in [7, 11) is 0. The molecule has 3 aliphatic carbocycles. The molecule has 0 aromatic heterocycles. The fraction of sp³-hybridized carbons (Fsp3) is 0.880. The van der Waals surface area contributed by atoms with Gasteiger partial charge < -0.3 is 0 Å². The van der Waals surface area contributed by atoms with Crippen LogP contribution in [0.25, 0.3) is 0 Å². The Kier molecular flexibility index (Phi) is 8.27. The van der Waals surface area contributed by atoms with Crippen LogP contribution in [0.1, 0.15) is 116 Å². The first-order valence-electron chi connectivity index (χ1n) is 11.9. The van der Waals surface area contributed by atoms with Gasteiger partial charge in [-0.05, 0) is 68.6 Å². The number of hydrogen-bond donors (Lipinski definition) is 0. The van der Waals surface area contributed by atoms with Gasteiger partial charge in [0.1, 0.15) is 5.78 Å². The average molecular weight is 359 g/mol. The molecule has 1 atom stereocenters. The van der Waals surface area contributed by atoms with E-state index in [1.165, 1.54) is 96.3 Å². The highest BCUT2D eigenvalue weighted by Crippen LogP contribution is 2.39. The van der Waals surface area contributed by atoms with E-state index in [1.807, 2.05) is 0 Å². The second-order valence-corrected chi connectivity index (χ2v) is 9.69. The molecule has 0 radical (unpaired) electrons. The minimum atomic E-state index is 0.508. The summed E-state index contributed by atoms with van der Waals surface area (Å²) in [6.45, 7) is 2.31. The average Bonchev–Trinajstić information content (AvgIpc) is 2.69. The summed E-state index contributed by atoms with van der Waals surface area (Å²) in [6, 6.07) is 0. The second-order valence-electron chi connectivity index (χ2n) is 9.69. The first-order valence-corrected chi connectivity index (χ1v) is 11.9. The predicted octanol–water partition coefficient (Wildman–Crippen LogP) is 7.64. The van der Waals surface area contributed by atoms with Gasteiger partial charge in [-0.15, -0.1) is 0 Å². The van der Waals surface area contributed by atoms with Gasteiger partial charge in [0.2, 0.25) is 0 Å². The number of hydrogen-bond acceptors (Lipinski definition) is 1. The zero-order chi connectivity index (χ0) is 18.2. The Balaban J connectivity index is 1.30. The van der Waals surface area contributed by atoms with Gasteiger partial charge in [0.15, 0.2) is 0 Å². The smallest absolute Gasteiger partial charge is 0.132 e. The largest absolute Gasteiger partial charge is 0.300 e. The maximum atomic E-state index is 11.5. The summed E-state index contributed by atoms with van der Waals surface area (Å²) in [5.74, 6) is 4.29. The molecular formula is C25H42O. The first kappa shape index (κ1) is 20.2. The molecule has 3 aliphatic rings. The fourth-order valence-corrected chi connectivity index (χ4v) is 5.88. The predicted molar refractivity (Wildman–Crippen MR) is 111 cm³/mol.